The number of hydrogen-bond donors (Lipinski definition) is 1. The molecule has 1 heterocycles. The van der Waals surface area contributed by atoms with E-state index in [-0.39, 0.29) is 11.7 Å². The van der Waals surface area contributed by atoms with Gasteiger partial charge in [-0.15, -0.1) is 0 Å². The lowest BCUT2D eigenvalue weighted by Gasteiger charge is -2.29. The number of halogens is 2. The summed E-state index contributed by atoms with van der Waals surface area (Å²) < 4.78 is 28.2. The molecule has 0 amide bonds. The number of nitrogens with zero attached hydrogens (tertiary/aromatic N) is 1. The van der Waals surface area contributed by atoms with E-state index in [1.807, 2.05) is 18.7 Å². The second-order valence-electron chi connectivity index (χ2n) is 4.88. The summed E-state index contributed by atoms with van der Waals surface area (Å²) in [5, 5.41) is 0. The second kappa shape index (κ2) is 6.57. The van der Waals surface area contributed by atoms with Crippen molar-refractivity contribution in [3.63, 3.8) is 0 Å². The van der Waals surface area contributed by atoms with Crippen LogP contribution < -0.4 is 10.6 Å². The number of benzene rings is 1. The largest absolute Gasteiger partial charge is 0.365 e. The van der Waals surface area contributed by atoms with Crippen molar-refractivity contribution in [2.24, 2.45) is 5.73 Å². The third-order valence-electron chi connectivity index (χ3n) is 3.43. The van der Waals surface area contributed by atoms with Gasteiger partial charge in [0.1, 0.15) is 17.3 Å². The second-order valence-corrected chi connectivity index (χ2v) is 6.10. The van der Waals surface area contributed by atoms with Crippen molar-refractivity contribution in [1.82, 2.24) is 0 Å². The number of nitrogens with two attached hydrogens (primary N) is 1. The van der Waals surface area contributed by atoms with Crippen LogP contribution >= 0.6 is 11.8 Å². The molecule has 0 aromatic heterocycles. The fraction of sp³-hybridized carbons (Fsp3) is 0.571. The molecule has 1 saturated heterocycles. The van der Waals surface area contributed by atoms with Gasteiger partial charge in [-0.1, -0.05) is 6.92 Å². The van der Waals surface area contributed by atoms with Gasteiger partial charge in [0.2, 0.25) is 0 Å². The van der Waals surface area contributed by atoms with Gasteiger partial charge in [-0.25, -0.2) is 8.78 Å². The van der Waals surface area contributed by atoms with Crippen molar-refractivity contribution in [1.29, 1.82) is 0 Å². The molecule has 0 bridgehead atoms. The average molecular weight is 286 g/mol. The van der Waals surface area contributed by atoms with E-state index in [9.17, 15) is 8.78 Å². The minimum Gasteiger partial charge on any atom is -0.365 e. The van der Waals surface area contributed by atoms with Crippen LogP contribution in [0.15, 0.2) is 12.1 Å². The Morgan fingerprint density at radius 3 is 2.37 bits per heavy atom. The van der Waals surface area contributed by atoms with Crippen molar-refractivity contribution < 1.29 is 8.78 Å². The highest BCUT2D eigenvalue weighted by molar-refractivity contribution is 7.99. The van der Waals surface area contributed by atoms with Gasteiger partial charge < -0.3 is 10.6 Å². The summed E-state index contributed by atoms with van der Waals surface area (Å²) in [7, 11) is 0. The van der Waals surface area contributed by atoms with Gasteiger partial charge in [-0.2, -0.15) is 11.8 Å². The molecule has 0 saturated carbocycles. The van der Waals surface area contributed by atoms with Gasteiger partial charge in [0.15, 0.2) is 0 Å². The minimum absolute atomic E-state index is 0.0453. The minimum atomic E-state index is -0.467. The molecule has 2 nitrogen and oxygen atoms in total. The highest BCUT2D eigenvalue weighted by Gasteiger charge is 2.20. The first-order chi connectivity index (χ1) is 9.11. The van der Waals surface area contributed by atoms with Crippen LogP contribution in [0.25, 0.3) is 0 Å². The topological polar surface area (TPSA) is 29.3 Å². The molecule has 5 heteroatoms. The van der Waals surface area contributed by atoms with Crippen LogP contribution in [0.1, 0.15) is 18.9 Å². The molecule has 0 radical (unpaired) electrons. The maximum absolute atomic E-state index is 14.1. The van der Waals surface area contributed by atoms with Crippen molar-refractivity contribution >= 4 is 17.4 Å². The normalized spacial score (nSPS) is 17.6. The first kappa shape index (κ1) is 14.6. The number of thioether (sulfide) groups is 1. The predicted octanol–water partition coefficient (Wildman–Crippen LogP) is 2.80. The molecule has 1 fully saturated rings. The SMILES string of the molecule is CCC(N)Cc1cc(F)c(N2CCSCC2)c(F)c1. The molecule has 19 heavy (non-hydrogen) atoms. The quantitative estimate of drug-likeness (QED) is 0.923. The van der Waals surface area contributed by atoms with Crippen molar-refractivity contribution in [2.75, 3.05) is 29.5 Å². The number of hydrogen-bond acceptors (Lipinski definition) is 3. The zero-order valence-electron chi connectivity index (χ0n) is 11.2. The molecule has 106 valence electrons. The highest BCUT2D eigenvalue weighted by atomic mass is 32.2. The Balaban J connectivity index is 2.21. The van der Waals surface area contributed by atoms with E-state index in [0.717, 1.165) is 17.9 Å². The summed E-state index contributed by atoms with van der Waals surface area (Å²) in [6.07, 6.45) is 1.31. The summed E-state index contributed by atoms with van der Waals surface area (Å²) in [5.74, 6) is 0.901. The third kappa shape index (κ3) is 3.60. The zero-order chi connectivity index (χ0) is 13.8. The molecular formula is C14H20F2N2S. The van der Waals surface area contributed by atoms with E-state index in [1.54, 1.807) is 4.90 Å². The predicted molar refractivity (Wildman–Crippen MR) is 77.9 cm³/mol. The van der Waals surface area contributed by atoms with Gasteiger partial charge in [0.05, 0.1) is 0 Å². The lowest BCUT2D eigenvalue weighted by atomic mass is 10.0. The summed E-state index contributed by atoms with van der Waals surface area (Å²) in [4.78, 5) is 1.80. The first-order valence-electron chi connectivity index (χ1n) is 6.68. The summed E-state index contributed by atoms with van der Waals surface area (Å²) in [6.45, 7) is 3.37. The molecule has 0 aliphatic carbocycles. The Morgan fingerprint density at radius 2 is 1.84 bits per heavy atom. The highest BCUT2D eigenvalue weighted by Crippen LogP contribution is 2.27. The van der Waals surface area contributed by atoms with E-state index >= 15 is 0 Å². The third-order valence-corrected chi connectivity index (χ3v) is 4.37. The van der Waals surface area contributed by atoms with Crippen molar-refractivity contribution in [2.45, 2.75) is 25.8 Å². The molecule has 1 aromatic rings. The standard InChI is InChI=1S/C14H20F2N2S/c1-2-11(17)7-10-8-12(15)14(13(16)9-10)18-3-5-19-6-4-18/h8-9,11H,2-7,17H2,1H3. The molecule has 1 aliphatic rings. The number of anilines is 1. The smallest absolute Gasteiger partial charge is 0.149 e. The van der Waals surface area contributed by atoms with Gasteiger partial charge in [0.25, 0.3) is 0 Å². The number of rotatable bonds is 4. The van der Waals surface area contributed by atoms with Crippen molar-refractivity contribution in [3.05, 3.63) is 29.3 Å². The first-order valence-corrected chi connectivity index (χ1v) is 7.83. The van der Waals surface area contributed by atoms with Crippen LogP contribution in [0.4, 0.5) is 14.5 Å². The molecule has 2 N–H and O–H groups in total. The summed E-state index contributed by atoms with van der Waals surface area (Å²) >= 11 is 1.82. The Morgan fingerprint density at radius 1 is 1.26 bits per heavy atom. The van der Waals surface area contributed by atoms with Crippen molar-refractivity contribution in [3.8, 4) is 0 Å². The Bertz CT molecular complexity index is 410. The molecule has 2 rings (SSSR count). The lowest BCUT2D eigenvalue weighted by Crippen LogP contribution is -2.34. The fourth-order valence-corrected chi connectivity index (χ4v) is 3.18. The van der Waals surface area contributed by atoms with Crippen LogP contribution in [0.3, 0.4) is 0 Å². The van der Waals surface area contributed by atoms with Gasteiger partial charge in [-0.3, -0.25) is 0 Å². The maximum Gasteiger partial charge on any atom is 0.149 e. The Hall–Kier alpha value is -0.810. The van der Waals surface area contributed by atoms with Crippen LogP contribution in [0.5, 0.6) is 0 Å². The van der Waals surface area contributed by atoms with E-state index in [0.29, 0.717) is 25.1 Å². The van der Waals surface area contributed by atoms with Crippen LogP contribution in [0, 0.1) is 11.6 Å². The molecule has 0 spiro atoms. The zero-order valence-corrected chi connectivity index (χ0v) is 12.0. The summed E-state index contributed by atoms with van der Waals surface area (Å²) in [5.41, 5.74) is 6.59. The van der Waals surface area contributed by atoms with E-state index in [4.69, 9.17) is 5.73 Å². The maximum atomic E-state index is 14.1. The van der Waals surface area contributed by atoms with Crippen LogP contribution in [-0.4, -0.2) is 30.6 Å². The average Bonchev–Trinajstić information content (AvgIpc) is 2.39. The van der Waals surface area contributed by atoms with Gasteiger partial charge in [0, 0.05) is 30.6 Å². The molecular weight excluding hydrogens is 266 g/mol. The molecule has 1 atom stereocenters. The monoisotopic (exact) mass is 286 g/mol. The Kier molecular flexibility index (Phi) is 5.05. The van der Waals surface area contributed by atoms with Crippen LogP contribution in [0.2, 0.25) is 0 Å². The Labute approximate surface area is 117 Å². The van der Waals surface area contributed by atoms with Crippen LogP contribution in [-0.2, 0) is 6.42 Å². The lowest BCUT2D eigenvalue weighted by molar-refractivity contribution is 0.565. The van der Waals surface area contributed by atoms with E-state index in [2.05, 4.69) is 0 Å². The molecule has 1 aromatic carbocycles. The van der Waals surface area contributed by atoms with Gasteiger partial charge in [-0.05, 0) is 30.5 Å². The van der Waals surface area contributed by atoms with E-state index < -0.39 is 11.6 Å². The summed E-state index contributed by atoms with van der Waals surface area (Å²) in [6, 6.07) is 2.81. The fourth-order valence-electron chi connectivity index (χ4n) is 2.27. The van der Waals surface area contributed by atoms with Gasteiger partial charge >= 0.3 is 0 Å². The molecule has 1 aliphatic heterocycles. The van der Waals surface area contributed by atoms with E-state index in [1.165, 1.54) is 12.1 Å². The molecule has 1 unspecified atom stereocenters.